The molecule has 1 heterocycles. The highest BCUT2D eigenvalue weighted by atomic mass is 32.2. The van der Waals surface area contributed by atoms with Gasteiger partial charge in [0.25, 0.3) is 0 Å². The molecule has 1 aliphatic heterocycles. The number of unbranched alkanes of at least 4 members (excludes halogenated alkanes) is 1. The second-order valence-electron chi connectivity index (χ2n) is 8.12. The Morgan fingerprint density at radius 3 is 2.61 bits per heavy atom. The molecule has 1 atom stereocenters. The summed E-state index contributed by atoms with van der Waals surface area (Å²) in [6, 6.07) is 12.2. The van der Waals surface area contributed by atoms with Crippen LogP contribution in [-0.4, -0.2) is 62.9 Å². The van der Waals surface area contributed by atoms with Gasteiger partial charge in [-0.2, -0.15) is 8.70 Å². The third kappa shape index (κ3) is 6.20. The molecule has 1 aliphatic rings. The zero-order chi connectivity index (χ0) is 26.3. The fourth-order valence-corrected chi connectivity index (χ4v) is 6.06. The standard InChI is InChI=1S/C25H31FN2O6S2/c1-4-33-25(30)20(26)17-34-22-15-24-21(14-23(22)35-3)28(18-10-6-5-7-11-18)16-19(12-8-9-13-29)27(2)36(24,31)32/h5-7,10-11,14-15,17,19,29H,4,8-9,12-13,16H2,1-3H3/b20-17-. The van der Waals surface area contributed by atoms with Crippen LogP contribution in [0, 0.1) is 0 Å². The molecule has 0 spiro atoms. The number of fused-ring (bicyclic) bond motifs is 1. The Morgan fingerprint density at radius 1 is 1.25 bits per heavy atom. The van der Waals surface area contributed by atoms with Crippen molar-refractivity contribution in [2.24, 2.45) is 0 Å². The van der Waals surface area contributed by atoms with E-state index in [1.807, 2.05) is 35.2 Å². The van der Waals surface area contributed by atoms with Crippen LogP contribution in [0.1, 0.15) is 26.2 Å². The van der Waals surface area contributed by atoms with Crippen molar-refractivity contribution in [1.29, 1.82) is 0 Å². The van der Waals surface area contributed by atoms with Crippen LogP contribution in [0.15, 0.2) is 64.3 Å². The Labute approximate surface area is 215 Å². The van der Waals surface area contributed by atoms with Crippen molar-refractivity contribution in [1.82, 2.24) is 4.31 Å². The lowest BCUT2D eigenvalue weighted by atomic mass is 10.1. The summed E-state index contributed by atoms with van der Waals surface area (Å²) < 4.78 is 53.0. The molecule has 3 rings (SSSR count). The number of carbonyl (C=O) groups is 1. The zero-order valence-electron chi connectivity index (χ0n) is 20.5. The Balaban J connectivity index is 2.13. The van der Waals surface area contributed by atoms with Crippen molar-refractivity contribution < 1.29 is 32.2 Å². The first-order valence-electron chi connectivity index (χ1n) is 11.6. The minimum absolute atomic E-state index is 0.00830. The highest BCUT2D eigenvalue weighted by Gasteiger charge is 2.37. The van der Waals surface area contributed by atoms with Crippen LogP contribution >= 0.6 is 11.8 Å². The topological polar surface area (TPSA) is 96.4 Å². The molecule has 0 saturated carbocycles. The number of benzene rings is 2. The van der Waals surface area contributed by atoms with E-state index in [9.17, 15) is 22.7 Å². The van der Waals surface area contributed by atoms with E-state index in [2.05, 4.69) is 4.74 Å². The fourth-order valence-electron chi connectivity index (χ4n) is 3.96. The Bertz CT molecular complexity index is 1190. The Hall–Kier alpha value is -2.60. The Kier molecular flexibility index (Phi) is 9.77. The van der Waals surface area contributed by atoms with Gasteiger partial charge in [0.1, 0.15) is 16.9 Å². The number of ether oxygens (including phenoxy) is 2. The number of aliphatic hydroxyl groups is 1. The first-order chi connectivity index (χ1) is 17.2. The number of esters is 1. The van der Waals surface area contributed by atoms with Gasteiger partial charge in [-0.1, -0.05) is 18.2 Å². The van der Waals surface area contributed by atoms with Gasteiger partial charge in [0.15, 0.2) is 0 Å². The molecule has 2 aromatic carbocycles. The van der Waals surface area contributed by atoms with Crippen molar-refractivity contribution in [2.75, 3.05) is 38.0 Å². The molecule has 0 saturated heterocycles. The Morgan fingerprint density at radius 2 is 1.97 bits per heavy atom. The van der Waals surface area contributed by atoms with Gasteiger partial charge < -0.3 is 19.5 Å². The highest BCUT2D eigenvalue weighted by Crippen LogP contribution is 2.43. The van der Waals surface area contributed by atoms with Crippen LogP contribution < -0.4 is 9.64 Å². The lowest BCUT2D eigenvalue weighted by Gasteiger charge is -2.29. The maximum Gasteiger partial charge on any atom is 0.370 e. The SMILES string of the molecule is CCOC(=O)/C(F)=C/Oc1cc2c(cc1SC)N(c1ccccc1)CC(CCCCO)N(C)S2(=O)=O. The molecule has 0 radical (unpaired) electrons. The van der Waals surface area contributed by atoms with Gasteiger partial charge in [-0.25, -0.2) is 13.2 Å². The maximum absolute atomic E-state index is 14.1. The number of rotatable bonds is 10. The lowest BCUT2D eigenvalue weighted by Crippen LogP contribution is -2.40. The minimum Gasteiger partial charge on any atom is -0.461 e. The van der Waals surface area contributed by atoms with Crippen LogP contribution in [0.3, 0.4) is 0 Å². The van der Waals surface area contributed by atoms with Crippen LogP contribution in [0.5, 0.6) is 5.75 Å². The molecule has 0 aliphatic carbocycles. The molecule has 36 heavy (non-hydrogen) atoms. The smallest absolute Gasteiger partial charge is 0.370 e. The maximum atomic E-state index is 14.1. The van der Waals surface area contributed by atoms with Gasteiger partial charge >= 0.3 is 5.97 Å². The summed E-state index contributed by atoms with van der Waals surface area (Å²) >= 11 is 1.31. The highest BCUT2D eigenvalue weighted by molar-refractivity contribution is 7.98. The fraction of sp³-hybridized carbons (Fsp3) is 0.400. The monoisotopic (exact) mass is 538 g/mol. The molecule has 2 aromatic rings. The molecule has 0 bridgehead atoms. The quantitative estimate of drug-likeness (QED) is 0.156. The average Bonchev–Trinajstić information content (AvgIpc) is 2.96. The number of sulfonamides is 1. The van der Waals surface area contributed by atoms with Gasteiger partial charge in [0.05, 0.1) is 17.2 Å². The van der Waals surface area contributed by atoms with Crippen molar-refractivity contribution >= 4 is 39.1 Å². The summed E-state index contributed by atoms with van der Waals surface area (Å²) in [6.45, 7) is 2.01. The van der Waals surface area contributed by atoms with E-state index >= 15 is 0 Å². The normalized spacial score (nSPS) is 17.9. The van der Waals surface area contributed by atoms with E-state index in [4.69, 9.17) is 4.74 Å². The molecule has 196 valence electrons. The van der Waals surface area contributed by atoms with E-state index in [1.54, 1.807) is 26.3 Å². The van der Waals surface area contributed by atoms with E-state index in [1.165, 1.54) is 22.1 Å². The summed E-state index contributed by atoms with van der Waals surface area (Å²) in [5, 5.41) is 9.21. The van der Waals surface area contributed by atoms with Crippen molar-refractivity contribution in [3.63, 3.8) is 0 Å². The molecule has 1 N–H and O–H groups in total. The number of thioether (sulfide) groups is 1. The average molecular weight is 539 g/mol. The first kappa shape index (κ1) is 28.0. The number of halogens is 1. The third-order valence-corrected chi connectivity index (χ3v) is 8.57. The second-order valence-corrected chi connectivity index (χ2v) is 10.9. The minimum atomic E-state index is -3.96. The zero-order valence-corrected chi connectivity index (χ0v) is 22.1. The first-order valence-corrected chi connectivity index (χ1v) is 14.2. The number of likely N-dealkylation sites (N-methyl/N-ethyl adjacent to an activating group) is 1. The molecular weight excluding hydrogens is 507 g/mol. The molecule has 11 heteroatoms. The van der Waals surface area contributed by atoms with Crippen LogP contribution in [0.25, 0.3) is 0 Å². The van der Waals surface area contributed by atoms with E-state index < -0.39 is 21.8 Å². The number of carbonyl (C=O) groups excluding carboxylic acids is 1. The number of anilines is 2. The van der Waals surface area contributed by atoms with Gasteiger partial charge in [-0.05, 0) is 50.6 Å². The van der Waals surface area contributed by atoms with Gasteiger partial charge in [0, 0.05) is 38.0 Å². The predicted octanol–water partition coefficient (Wildman–Crippen LogP) is 4.46. The molecule has 0 aromatic heterocycles. The van der Waals surface area contributed by atoms with E-state index in [0.29, 0.717) is 42.7 Å². The van der Waals surface area contributed by atoms with Gasteiger partial charge in [-0.15, -0.1) is 11.8 Å². The lowest BCUT2D eigenvalue weighted by molar-refractivity contribution is -0.140. The molecule has 0 amide bonds. The summed E-state index contributed by atoms with van der Waals surface area (Å²) in [7, 11) is -2.42. The largest absolute Gasteiger partial charge is 0.461 e. The van der Waals surface area contributed by atoms with Gasteiger partial charge in [0.2, 0.25) is 15.9 Å². The van der Waals surface area contributed by atoms with E-state index in [0.717, 1.165) is 5.69 Å². The third-order valence-electron chi connectivity index (χ3n) is 5.87. The number of hydrogen-bond acceptors (Lipinski definition) is 8. The molecule has 1 unspecified atom stereocenters. The van der Waals surface area contributed by atoms with Crippen molar-refractivity contribution in [2.45, 2.75) is 42.0 Å². The predicted molar refractivity (Wildman–Crippen MR) is 138 cm³/mol. The molecular formula is C25H31FN2O6S2. The van der Waals surface area contributed by atoms with Crippen molar-refractivity contribution in [3.8, 4) is 5.75 Å². The summed E-state index contributed by atoms with van der Waals surface area (Å²) in [5.41, 5.74) is 1.30. The number of nitrogens with zero attached hydrogens (tertiary/aromatic N) is 2. The second kappa shape index (κ2) is 12.6. The van der Waals surface area contributed by atoms with Gasteiger partial charge in [-0.3, -0.25) is 0 Å². The van der Waals surface area contributed by atoms with Crippen LogP contribution in [0.2, 0.25) is 0 Å². The van der Waals surface area contributed by atoms with E-state index in [-0.39, 0.29) is 29.9 Å². The molecule has 8 nitrogen and oxygen atoms in total. The van der Waals surface area contributed by atoms with Crippen LogP contribution in [0.4, 0.5) is 15.8 Å². The summed E-state index contributed by atoms with van der Waals surface area (Å²) in [6.07, 6.45) is 4.23. The molecule has 0 fully saturated rings. The number of hydrogen-bond donors (Lipinski definition) is 1. The summed E-state index contributed by atoms with van der Waals surface area (Å²) in [4.78, 5) is 14.1. The van der Waals surface area contributed by atoms with Crippen LogP contribution in [-0.2, 0) is 19.6 Å². The number of aliphatic hydroxyl groups excluding tert-OH is 1. The number of para-hydroxylation sites is 1. The van der Waals surface area contributed by atoms with Crippen molar-refractivity contribution in [3.05, 3.63) is 54.6 Å². The summed E-state index contributed by atoms with van der Waals surface area (Å²) in [5.74, 6) is -2.29.